The first kappa shape index (κ1) is 17.2. The molecule has 0 aliphatic heterocycles. The van der Waals surface area contributed by atoms with Crippen LogP contribution in [-0.4, -0.2) is 21.0 Å². The molecule has 0 atom stereocenters. The molecule has 128 valence electrons. The van der Waals surface area contributed by atoms with E-state index >= 15 is 0 Å². The van der Waals surface area contributed by atoms with Gasteiger partial charge in [-0.25, -0.2) is 14.8 Å². The Morgan fingerprint density at radius 3 is 2.28 bits per heavy atom. The number of aromatic nitrogens is 2. The molecule has 0 fully saturated rings. The Kier molecular flexibility index (Phi) is 4.12. The van der Waals surface area contributed by atoms with Gasteiger partial charge in [-0.15, -0.1) is 0 Å². The molecule has 0 unspecified atom stereocenters. The molecule has 0 spiro atoms. The highest BCUT2D eigenvalue weighted by molar-refractivity contribution is 5.84. The van der Waals surface area contributed by atoms with Gasteiger partial charge in [0, 0.05) is 5.56 Å². The Labute approximate surface area is 148 Å². The minimum absolute atomic E-state index is 0.0803. The third kappa shape index (κ3) is 3.41. The van der Waals surface area contributed by atoms with Crippen LogP contribution in [0, 0.1) is 11.8 Å². The summed E-state index contributed by atoms with van der Waals surface area (Å²) in [7, 11) is 0. The Balaban J connectivity index is 1.94. The van der Waals surface area contributed by atoms with Gasteiger partial charge in [0.05, 0.1) is 12.4 Å². The number of hydrogen-bond acceptors (Lipinski definition) is 3. The number of aromatic carboxylic acids is 1. The lowest BCUT2D eigenvalue weighted by Gasteiger charge is -2.41. The van der Waals surface area contributed by atoms with Crippen LogP contribution in [-0.2, 0) is 10.8 Å². The van der Waals surface area contributed by atoms with Crippen molar-refractivity contribution in [1.29, 1.82) is 0 Å². The summed E-state index contributed by atoms with van der Waals surface area (Å²) in [5, 5.41) is 8.85. The van der Waals surface area contributed by atoms with Crippen molar-refractivity contribution in [1.82, 2.24) is 9.97 Å². The topological polar surface area (TPSA) is 63.1 Å². The second kappa shape index (κ2) is 6.00. The third-order valence-electron chi connectivity index (χ3n) is 5.06. The van der Waals surface area contributed by atoms with Gasteiger partial charge in [0.2, 0.25) is 0 Å². The number of fused-ring (bicyclic) bond motifs is 1. The van der Waals surface area contributed by atoms with Crippen LogP contribution in [0.5, 0.6) is 0 Å². The van der Waals surface area contributed by atoms with Crippen LogP contribution in [0.15, 0.2) is 30.6 Å². The minimum atomic E-state index is -1.09. The lowest BCUT2D eigenvalue weighted by molar-refractivity contribution is 0.0690. The zero-order chi connectivity index (χ0) is 18.2. The van der Waals surface area contributed by atoms with Gasteiger partial charge in [0.15, 0.2) is 5.69 Å². The van der Waals surface area contributed by atoms with E-state index in [0.29, 0.717) is 5.69 Å². The van der Waals surface area contributed by atoms with E-state index in [1.165, 1.54) is 29.9 Å². The predicted molar refractivity (Wildman–Crippen MR) is 96.7 cm³/mol. The van der Waals surface area contributed by atoms with Gasteiger partial charge in [0.1, 0.15) is 5.69 Å². The van der Waals surface area contributed by atoms with E-state index < -0.39 is 5.97 Å². The highest BCUT2D eigenvalue weighted by Crippen LogP contribution is 2.45. The smallest absolute Gasteiger partial charge is 0.356 e. The molecule has 0 saturated carbocycles. The summed E-state index contributed by atoms with van der Waals surface area (Å²) in [5.74, 6) is 5.00. The molecule has 1 aliphatic carbocycles. The first-order valence-electron chi connectivity index (χ1n) is 8.41. The van der Waals surface area contributed by atoms with E-state index in [-0.39, 0.29) is 16.5 Å². The van der Waals surface area contributed by atoms with Crippen molar-refractivity contribution in [2.75, 3.05) is 0 Å². The molecule has 3 rings (SSSR count). The summed E-state index contributed by atoms with van der Waals surface area (Å²) in [6.45, 7) is 9.17. The normalized spacial score (nSPS) is 17.1. The van der Waals surface area contributed by atoms with Crippen LogP contribution < -0.4 is 0 Å². The zero-order valence-electron chi connectivity index (χ0n) is 15.1. The fourth-order valence-electron chi connectivity index (χ4n) is 3.31. The highest BCUT2D eigenvalue weighted by atomic mass is 16.4. The number of nitrogens with zero attached hydrogens (tertiary/aromatic N) is 2. The van der Waals surface area contributed by atoms with Crippen LogP contribution >= 0.6 is 0 Å². The average molecular weight is 334 g/mol. The molecule has 4 heteroatoms. The Morgan fingerprint density at radius 1 is 1.00 bits per heavy atom. The van der Waals surface area contributed by atoms with Gasteiger partial charge in [0.25, 0.3) is 0 Å². The van der Waals surface area contributed by atoms with E-state index in [9.17, 15) is 4.79 Å². The monoisotopic (exact) mass is 334 g/mol. The molecule has 2 aromatic rings. The molecule has 0 amide bonds. The lowest BCUT2D eigenvalue weighted by Crippen LogP contribution is -2.33. The molecule has 25 heavy (non-hydrogen) atoms. The van der Waals surface area contributed by atoms with Crippen LogP contribution in [0.4, 0.5) is 0 Å². The quantitative estimate of drug-likeness (QED) is 0.803. The predicted octanol–water partition coefficient (Wildman–Crippen LogP) is 3.92. The number of carboxylic acid groups (broad SMARTS) is 1. The molecule has 1 aromatic carbocycles. The second-order valence-corrected chi connectivity index (χ2v) is 7.87. The standard InChI is InChI=1S/C21H22N2O2/c1-20(2)9-10-21(3,4)17-11-14(6-8-16(17)20)5-7-15-12-23-18(13-22-15)19(24)25/h6,8,11-13H,9-10H2,1-4H3,(H,24,25). The Morgan fingerprint density at radius 2 is 1.68 bits per heavy atom. The number of carbonyl (C=O) groups is 1. The van der Waals surface area contributed by atoms with Gasteiger partial charge in [-0.3, -0.25) is 0 Å². The highest BCUT2D eigenvalue weighted by Gasteiger charge is 2.36. The van der Waals surface area contributed by atoms with Crippen LogP contribution in [0.2, 0.25) is 0 Å². The molecule has 1 heterocycles. The van der Waals surface area contributed by atoms with Crippen molar-refractivity contribution in [2.24, 2.45) is 0 Å². The molecule has 0 radical (unpaired) electrons. The van der Waals surface area contributed by atoms with E-state index in [1.54, 1.807) is 0 Å². The summed E-state index contributed by atoms with van der Waals surface area (Å²) in [6.07, 6.45) is 4.96. The van der Waals surface area contributed by atoms with Gasteiger partial charge in [-0.1, -0.05) is 39.7 Å². The van der Waals surface area contributed by atoms with Crippen molar-refractivity contribution in [3.63, 3.8) is 0 Å². The van der Waals surface area contributed by atoms with Crippen LogP contribution in [0.1, 0.15) is 73.4 Å². The SMILES string of the molecule is CC1(C)CCC(C)(C)c2cc(C#Cc3cnc(C(=O)O)cn3)ccc21. The Bertz CT molecular complexity index is 884. The van der Waals surface area contributed by atoms with Crippen molar-refractivity contribution in [2.45, 2.75) is 51.4 Å². The van der Waals surface area contributed by atoms with Gasteiger partial charge in [-0.05, 0) is 52.9 Å². The molecule has 1 aliphatic rings. The van der Waals surface area contributed by atoms with Crippen molar-refractivity contribution < 1.29 is 9.90 Å². The molecule has 4 nitrogen and oxygen atoms in total. The van der Waals surface area contributed by atoms with Gasteiger partial charge in [-0.2, -0.15) is 0 Å². The summed E-state index contributed by atoms with van der Waals surface area (Å²) >= 11 is 0. The largest absolute Gasteiger partial charge is 0.476 e. The van der Waals surface area contributed by atoms with E-state index in [1.807, 2.05) is 6.07 Å². The van der Waals surface area contributed by atoms with E-state index in [2.05, 4.69) is 61.6 Å². The number of benzene rings is 1. The van der Waals surface area contributed by atoms with Crippen LogP contribution in [0.3, 0.4) is 0 Å². The van der Waals surface area contributed by atoms with Crippen molar-refractivity contribution in [3.8, 4) is 11.8 Å². The summed E-state index contributed by atoms with van der Waals surface area (Å²) in [6, 6.07) is 6.43. The van der Waals surface area contributed by atoms with E-state index in [4.69, 9.17) is 5.11 Å². The number of carboxylic acids is 1. The average Bonchev–Trinajstić information content (AvgIpc) is 2.57. The minimum Gasteiger partial charge on any atom is -0.476 e. The maximum Gasteiger partial charge on any atom is 0.356 e. The molecule has 1 aromatic heterocycles. The van der Waals surface area contributed by atoms with Gasteiger partial charge >= 0.3 is 5.97 Å². The summed E-state index contributed by atoms with van der Waals surface area (Å²) < 4.78 is 0. The fraction of sp³-hybridized carbons (Fsp3) is 0.381. The number of rotatable bonds is 1. The summed E-state index contributed by atoms with van der Waals surface area (Å²) in [5.41, 5.74) is 4.42. The first-order valence-corrected chi connectivity index (χ1v) is 8.41. The van der Waals surface area contributed by atoms with Crippen LogP contribution in [0.25, 0.3) is 0 Å². The number of hydrogen-bond donors (Lipinski definition) is 1. The molecule has 1 N–H and O–H groups in total. The Hall–Kier alpha value is -2.67. The molecule has 0 bridgehead atoms. The first-order chi connectivity index (χ1) is 11.7. The third-order valence-corrected chi connectivity index (χ3v) is 5.06. The maximum absolute atomic E-state index is 10.8. The van der Waals surface area contributed by atoms with E-state index in [0.717, 1.165) is 12.0 Å². The van der Waals surface area contributed by atoms with Gasteiger partial charge < -0.3 is 5.11 Å². The fourth-order valence-corrected chi connectivity index (χ4v) is 3.31. The molecular weight excluding hydrogens is 312 g/mol. The zero-order valence-corrected chi connectivity index (χ0v) is 15.1. The maximum atomic E-state index is 10.8. The molecule has 0 saturated heterocycles. The molecular formula is C21H22N2O2. The van der Waals surface area contributed by atoms with Crippen molar-refractivity contribution in [3.05, 3.63) is 58.7 Å². The summed E-state index contributed by atoms with van der Waals surface area (Å²) in [4.78, 5) is 18.7. The van der Waals surface area contributed by atoms with Crippen molar-refractivity contribution >= 4 is 5.97 Å². The second-order valence-electron chi connectivity index (χ2n) is 7.87. The lowest BCUT2D eigenvalue weighted by atomic mass is 9.63.